The summed E-state index contributed by atoms with van der Waals surface area (Å²) < 4.78 is 12.3. The Bertz CT molecular complexity index is 270. The molecule has 0 bridgehead atoms. The number of hydrogen-bond acceptors (Lipinski definition) is 0. The van der Waals surface area contributed by atoms with Crippen LogP contribution in [-0.4, -0.2) is 5.87 Å². The van der Waals surface area contributed by atoms with E-state index in [-0.39, 0.29) is 42.0 Å². The molecule has 53 valence electrons. The van der Waals surface area contributed by atoms with Crippen LogP contribution in [0.4, 0.5) is 4.39 Å². The molecule has 0 saturated heterocycles. The van der Waals surface area contributed by atoms with Crippen LogP contribution in [0.25, 0.3) is 0 Å². The van der Waals surface area contributed by atoms with Gasteiger partial charge in [-0.05, 0) is 18.2 Å². The molecule has 0 amide bonds. The van der Waals surface area contributed by atoms with E-state index < -0.39 is 5.83 Å². The Balaban J connectivity index is 0. The predicted molar refractivity (Wildman–Crippen MR) is 32.5 cm³/mol. The topological polar surface area (TPSA) is 22.3 Å². The average molecular weight is 265 g/mol. The van der Waals surface area contributed by atoms with Gasteiger partial charge >= 0.3 is 0 Å². The van der Waals surface area contributed by atoms with Gasteiger partial charge in [0.1, 0.15) is 5.83 Å². The fourth-order valence-corrected chi connectivity index (χ4v) is 0.497. The molecular formula is C7H3BrFNZn-. The van der Waals surface area contributed by atoms with Crippen molar-refractivity contribution in [1.29, 1.82) is 0 Å². The first-order valence-electron chi connectivity index (χ1n) is 2.40. The van der Waals surface area contributed by atoms with Crippen LogP contribution in [0.5, 0.6) is 0 Å². The van der Waals surface area contributed by atoms with Crippen LogP contribution in [0, 0.1) is 0 Å². The normalized spacial score (nSPS) is 12.5. The van der Waals surface area contributed by atoms with Gasteiger partial charge in [0.2, 0.25) is 0 Å². The van der Waals surface area contributed by atoms with Crippen molar-refractivity contribution >= 4 is 5.87 Å². The van der Waals surface area contributed by atoms with Gasteiger partial charge in [-0.3, -0.25) is 0 Å². The summed E-state index contributed by atoms with van der Waals surface area (Å²) in [5, 5.41) is 8.21. The molecule has 0 atom stereocenters. The van der Waals surface area contributed by atoms with E-state index in [4.69, 9.17) is 5.41 Å². The molecule has 0 saturated carbocycles. The number of hydrogen-bond donors (Lipinski definition) is 0. The van der Waals surface area contributed by atoms with Gasteiger partial charge in [0.25, 0.3) is 0 Å². The molecular weight excluding hydrogens is 262 g/mol. The van der Waals surface area contributed by atoms with Gasteiger partial charge in [0, 0.05) is 25.3 Å². The Morgan fingerprint density at radius 1 is 1.55 bits per heavy atom. The molecule has 0 heterocycles. The number of nitrogens with zero attached hydrogens (tertiary/aromatic N) is 1. The zero-order valence-electron chi connectivity index (χ0n) is 5.64. The van der Waals surface area contributed by atoms with Gasteiger partial charge in [0.15, 0.2) is 0 Å². The molecule has 0 N–H and O–H groups in total. The zero-order chi connectivity index (χ0) is 6.69. The summed E-state index contributed by atoms with van der Waals surface area (Å²) in [5.74, 6) is 1.20. The number of allylic oxidation sites excluding steroid dienone is 4. The SMILES string of the molecule is [Br-].[N]=C=C1C=C=CC=C1F.[Zn]. The summed E-state index contributed by atoms with van der Waals surface area (Å²) in [5.41, 5.74) is 2.63. The predicted octanol–water partition coefficient (Wildman–Crippen LogP) is -2.04. The molecule has 1 rings (SSSR count). The van der Waals surface area contributed by atoms with Crippen LogP contribution >= 0.6 is 0 Å². The minimum atomic E-state index is -0.490. The minimum absolute atomic E-state index is 0. The van der Waals surface area contributed by atoms with E-state index in [9.17, 15) is 4.39 Å². The Kier molecular flexibility index (Phi) is 7.83. The molecule has 11 heavy (non-hydrogen) atoms. The maximum absolute atomic E-state index is 12.3. The largest absolute Gasteiger partial charge is 1.00 e. The maximum atomic E-state index is 12.3. The first-order valence-corrected chi connectivity index (χ1v) is 2.40. The molecule has 0 unspecified atom stereocenters. The summed E-state index contributed by atoms with van der Waals surface area (Å²) in [6.45, 7) is 0. The van der Waals surface area contributed by atoms with Crippen molar-refractivity contribution in [3.05, 3.63) is 35.4 Å². The second-order valence-electron chi connectivity index (χ2n) is 1.52. The van der Waals surface area contributed by atoms with Crippen molar-refractivity contribution in [2.75, 3.05) is 0 Å². The van der Waals surface area contributed by atoms with E-state index in [0.717, 1.165) is 0 Å². The number of halogens is 2. The quantitative estimate of drug-likeness (QED) is 0.274. The van der Waals surface area contributed by atoms with Crippen molar-refractivity contribution in [2.24, 2.45) is 0 Å². The standard InChI is InChI=1S/C7H3FN.BrH.Zn/c8-7-4-2-1-3-6(7)5-9;;/h2-4H;1H;/p-1. The van der Waals surface area contributed by atoms with Gasteiger partial charge in [-0.2, -0.15) is 0 Å². The van der Waals surface area contributed by atoms with Crippen molar-refractivity contribution < 1.29 is 40.8 Å². The van der Waals surface area contributed by atoms with E-state index in [1.165, 1.54) is 18.2 Å². The molecule has 0 aromatic carbocycles. The maximum Gasteiger partial charge on any atom is 0.141 e. The van der Waals surface area contributed by atoms with Crippen LogP contribution in [0.15, 0.2) is 35.4 Å². The van der Waals surface area contributed by atoms with Crippen molar-refractivity contribution in [3.8, 4) is 0 Å². The van der Waals surface area contributed by atoms with E-state index in [2.05, 4.69) is 5.73 Å². The monoisotopic (exact) mass is 263 g/mol. The third-order valence-corrected chi connectivity index (χ3v) is 0.931. The zero-order valence-corrected chi connectivity index (χ0v) is 10.2. The third-order valence-electron chi connectivity index (χ3n) is 0.931. The summed E-state index contributed by atoms with van der Waals surface area (Å²) in [4.78, 5) is 0. The van der Waals surface area contributed by atoms with Gasteiger partial charge in [-0.1, -0.05) is 5.41 Å². The molecule has 4 heteroatoms. The van der Waals surface area contributed by atoms with Crippen molar-refractivity contribution in [2.45, 2.75) is 0 Å². The second kappa shape index (κ2) is 6.45. The van der Waals surface area contributed by atoms with E-state index >= 15 is 0 Å². The smallest absolute Gasteiger partial charge is 0.141 e. The molecule has 0 fully saturated rings. The fourth-order valence-electron chi connectivity index (χ4n) is 0.497. The Morgan fingerprint density at radius 3 is 2.55 bits per heavy atom. The molecule has 1 aliphatic rings. The molecule has 0 spiro atoms. The average Bonchev–Trinajstić information content (AvgIpc) is 1.89. The van der Waals surface area contributed by atoms with Gasteiger partial charge in [-0.15, -0.1) is 5.73 Å². The van der Waals surface area contributed by atoms with E-state index in [1.807, 2.05) is 0 Å². The van der Waals surface area contributed by atoms with Gasteiger partial charge in [0.05, 0.1) is 5.57 Å². The van der Waals surface area contributed by atoms with Crippen molar-refractivity contribution in [3.63, 3.8) is 0 Å². The fraction of sp³-hybridized carbons (Fsp3) is 0. The molecule has 0 aromatic rings. The summed E-state index contributed by atoms with van der Waals surface area (Å²) in [6.07, 6.45) is 3.95. The van der Waals surface area contributed by atoms with Gasteiger partial charge in [-0.25, -0.2) is 4.39 Å². The molecule has 1 aliphatic carbocycles. The Hall–Kier alpha value is -0.257. The van der Waals surface area contributed by atoms with Crippen LogP contribution in [0.2, 0.25) is 0 Å². The van der Waals surface area contributed by atoms with E-state index in [0.29, 0.717) is 0 Å². The van der Waals surface area contributed by atoms with Crippen LogP contribution in [0.1, 0.15) is 0 Å². The summed E-state index contributed by atoms with van der Waals surface area (Å²) >= 11 is 0. The van der Waals surface area contributed by atoms with Crippen molar-refractivity contribution in [1.82, 2.24) is 5.41 Å². The van der Waals surface area contributed by atoms with Crippen LogP contribution in [-0.2, 0) is 19.5 Å². The van der Waals surface area contributed by atoms with Gasteiger partial charge < -0.3 is 17.0 Å². The third kappa shape index (κ3) is 3.60. The molecule has 0 aromatic heterocycles. The second-order valence-corrected chi connectivity index (χ2v) is 1.52. The summed E-state index contributed by atoms with van der Waals surface area (Å²) in [6, 6.07) is 0. The first-order chi connectivity index (χ1) is 4.34. The summed E-state index contributed by atoms with van der Waals surface area (Å²) in [7, 11) is 0. The minimum Gasteiger partial charge on any atom is -1.00 e. The molecule has 1 nitrogen and oxygen atoms in total. The Morgan fingerprint density at radius 2 is 2.18 bits per heavy atom. The molecule has 1 radical (unpaired) electrons. The first kappa shape index (κ1) is 13.3. The molecule has 0 aliphatic heterocycles. The van der Waals surface area contributed by atoms with E-state index in [1.54, 1.807) is 5.87 Å². The Labute approximate surface area is 87.4 Å². The number of rotatable bonds is 0. The van der Waals surface area contributed by atoms with Crippen LogP contribution in [0.3, 0.4) is 0 Å². The van der Waals surface area contributed by atoms with Crippen LogP contribution < -0.4 is 22.4 Å².